The molecule has 37 heavy (non-hydrogen) atoms. The first kappa shape index (κ1) is 25.7. The number of carbonyl (C=O) groups excluding carboxylic acids is 4. The molecule has 0 spiro atoms. The molecule has 0 atom stereocenters. The molecule has 1 heterocycles. The van der Waals surface area contributed by atoms with Crippen LogP contribution in [0.5, 0.6) is 0 Å². The lowest BCUT2D eigenvalue weighted by molar-refractivity contribution is -0.137. The van der Waals surface area contributed by atoms with Crippen LogP contribution in [0.2, 0.25) is 0 Å². The Hall–Kier alpha value is -4.43. The number of ether oxygens (including phenoxy) is 1. The van der Waals surface area contributed by atoms with Crippen LogP contribution < -0.4 is 10.6 Å². The standard InChI is InChI=1S/C28H24ClN3O5/c1-2-37-28(36)20-10-14-22(15-11-20)31-25(33)19-8-12-21(13-9-19)30-24-23(29)26(34)32(27(24)35)17-16-18-6-4-3-5-7-18/h3-15,30H,2,16-17H2,1H3,(H,31,33). The molecule has 4 rings (SSSR count). The predicted molar refractivity (Wildman–Crippen MR) is 140 cm³/mol. The molecule has 0 fully saturated rings. The van der Waals surface area contributed by atoms with Crippen molar-refractivity contribution in [2.45, 2.75) is 13.3 Å². The van der Waals surface area contributed by atoms with Gasteiger partial charge in [0.1, 0.15) is 10.7 Å². The number of anilines is 2. The normalized spacial score (nSPS) is 13.1. The van der Waals surface area contributed by atoms with Crippen LogP contribution in [0, 0.1) is 0 Å². The van der Waals surface area contributed by atoms with Gasteiger partial charge in [0.05, 0.1) is 12.2 Å². The van der Waals surface area contributed by atoms with Crippen LogP contribution >= 0.6 is 11.6 Å². The molecule has 0 bridgehead atoms. The van der Waals surface area contributed by atoms with Gasteiger partial charge in [-0.15, -0.1) is 0 Å². The molecule has 8 nitrogen and oxygen atoms in total. The summed E-state index contributed by atoms with van der Waals surface area (Å²) in [5.41, 5.74) is 2.78. The third kappa shape index (κ3) is 6.05. The molecular weight excluding hydrogens is 494 g/mol. The number of hydrogen-bond acceptors (Lipinski definition) is 6. The molecule has 0 radical (unpaired) electrons. The topological polar surface area (TPSA) is 105 Å². The molecule has 0 saturated heterocycles. The van der Waals surface area contributed by atoms with Crippen molar-refractivity contribution in [3.63, 3.8) is 0 Å². The van der Waals surface area contributed by atoms with Gasteiger partial charge in [-0.1, -0.05) is 41.9 Å². The molecule has 0 aromatic heterocycles. The van der Waals surface area contributed by atoms with Gasteiger partial charge in [0.2, 0.25) is 0 Å². The van der Waals surface area contributed by atoms with Crippen molar-refractivity contribution in [2.24, 2.45) is 0 Å². The maximum absolute atomic E-state index is 12.8. The smallest absolute Gasteiger partial charge is 0.338 e. The summed E-state index contributed by atoms with van der Waals surface area (Å²) in [5.74, 6) is -1.83. The molecule has 2 N–H and O–H groups in total. The van der Waals surface area contributed by atoms with Gasteiger partial charge in [-0.25, -0.2) is 4.79 Å². The highest BCUT2D eigenvalue weighted by Gasteiger charge is 2.37. The zero-order valence-corrected chi connectivity index (χ0v) is 20.7. The van der Waals surface area contributed by atoms with E-state index in [1.165, 1.54) is 0 Å². The van der Waals surface area contributed by atoms with Crippen molar-refractivity contribution in [3.8, 4) is 0 Å². The Kier molecular flexibility index (Phi) is 8.00. The summed E-state index contributed by atoms with van der Waals surface area (Å²) in [6.45, 7) is 2.22. The number of nitrogens with one attached hydrogen (secondary N) is 2. The van der Waals surface area contributed by atoms with Gasteiger partial charge < -0.3 is 15.4 Å². The number of hydrogen-bond donors (Lipinski definition) is 2. The fraction of sp³-hybridized carbons (Fsp3) is 0.143. The zero-order chi connectivity index (χ0) is 26.4. The third-order valence-electron chi connectivity index (χ3n) is 5.65. The number of benzene rings is 3. The Balaban J connectivity index is 1.36. The fourth-order valence-electron chi connectivity index (χ4n) is 3.70. The number of nitrogens with zero attached hydrogens (tertiary/aromatic N) is 1. The molecule has 3 amide bonds. The van der Waals surface area contributed by atoms with Crippen LogP contribution in [0.1, 0.15) is 33.2 Å². The second-order valence-corrected chi connectivity index (χ2v) is 8.52. The fourth-order valence-corrected chi connectivity index (χ4v) is 3.93. The van der Waals surface area contributed by atoms with E-state index in [1.807, 2.05) is 30.3 Å². The van der Waals surface area contributed by atoms with Crippen LogP contribution in [0.4, 0.5) is 11.4 Å². The lowest BCUT2D eigenvalue weighted by Crippen LogP contribution is -2.34. The Bertz CT molecular complexity index is 1350. The first-order valence-electron chi connectivity index (χ1n) is 11.6. The van der Waals surface area contributed by atoms with Crippen molar-refractivity contribution >= 4 is 46.7 Å². The first-order chi connectivity index (χ1) is 17.9. The molecule has 188 valence electrons. The number of carbonyl (C=O) groups is 4. The first-order valence-corrected chi connectivity index (χ1v) is 12.0. The molecule has 0 saturated carbocycles. The molecule has 3 aromatic rings. The Morgan fingerprint density at radius 3 is 2.11 bits per heavy atom. The van der Waals surface area contributed by atoms with Crippen LogP contribution in [0.3, 0.4) is 0 Å². The average molecular weight is 518 g/mol. The zero-order valence-electron chi connectivity index (χ0n) is 20.0. The van der Waals surface area contributed by atoms with E-state index in [-0.39, 0.29) is 29.8 Å². The Labute approximate surface area is 218 Å². The van der Waals surface area contributed by atoms with E-state index < -0.39 is 17.8 Å². The van der Waals surface area contributed by atoms with E-state index in [1.54, 1.807) is 55.5 Å². The summed E-state index contributed by atoms with van der Waals surface area (Å²) in [7, 11) is 0. The van der Waals surface area contributed by atoms with E-state index in [4.69, 9.17) is 16.3 Å². The van der Waals surface area contributed by atoms with E-state index in [2.05, 4.69) is 10.6 Å². The van der Waals surface area contributed by atoms with E-state index in [0.717, 1.165) is 10.5 Å². The summed E-state index contributed by atoms with van der Waals surface area (Å²) in [6, 6.07) is 22.3. The molecule has 3 aromatic carbocycles. The molecule has 9 heteroatoms. The highest BCUT2D eigenvalue weighted by Crippen LogP contribution is 2.26. The van der Waals surface area contributed by atoms with Crippen LogP contribution in [0.15, 0.2) is 89.6 Å². The van der Waals surface area contributed by atoms with Gasteiger partial charge in [0, 0.05) is 23.5 Å². The SMILES string of the molecule is CCOC(=O)c1ccc(NC(=O)c2ccc(NC3=C(Cl)C(=O)N(CCc4ccccc4)C3=O)cc2)cc1. The van der Waals surface area contributed by atoms with Gasteiger partial charge >= 0.3 is 5.97 Å². The van der Waals surface area contributed by atoms with Crippen molar-refractivity contribution in [1.29, 1.82) is 0 Å². The molecule has 1 aliphatic heterocycles. The highest BCUT2D eigenvalue weighted by molar-refractivity contribution is 6.48. The molecular formula is C28H24ClN3O5. The van der Waals surface area contributed by atoms with Crippen LogP contribution in [-0.2, 0) is 20.7 Å². The minimum atomic E-state index is -0.546. The summed E-state index contributed by atoms with van der Waals surface area (Å²) >= 11 is 6.18. The van der Waals surface area contributed by atoms with Gasteiger partial charge in [-0.05, 0) is 67.4 Å². The Morgan fingerprint density at radius 2 is 1.46 bits per heavy atom. The van der Waals surface area contributed by atoms with E-state index in [9.17, 15) is 19.2 Å². The van der Waals surface area contributed by atoms with Gasteiger partial charge in [0.15, 0.2) is 0 Å². The summed E-state index contributed by atoms with van der Waals surface area (Å²) in [5, 5.41) is 5.48. The number of imide groups is 1. The van der Waals surface area contributed by atoms with E-state index >= 15 is 0 Å². The minimum absolute atomic E-state index is 0.00128. The lowest BCUT2D eigenvalue weighted by Gasteiger charge is -2.15. The molecule has 1 aliphatic rings. The lowest BCUT2D eigenvalue weighted by atomic mass is 10.1. The van der Waals surface area contributed by atoms with Gasteiger partial charge in [-0.2, -0.15) is 0 Å². The largest absolute Gasteiger partial charge is 0.462 e. The number of amides is 3. The van der Waals surface area contributed by atoms with Crippen molar-refractivity contribution in [3.05, 3.63) is 106 Å². The monoisotopic (exact) mass is 517 g/mol. The number of rotatable bonds is 9. The van der Waals surface area contributed by atoms with Crippen molar-refractivity contribution in [2.75, 3.05) is 23.8 Å². The van der Waals surface area contributed by atoms with E-state index in [0.29, 0.717) is 28.9 Å². The van der Waals surface area contributed by atoms with Crippen molar-refractivity contribution < 1.29 is 23.9 Å². The molecule has 0 unspecified atom stereocenters. The summed E-state index contributed by atoms with van der Waals surface area (Å²) in [6.07, 6.45) is 0.519. The quantitative estimate of drug-likeness (QED) is 0.318. The second kappa shape index (κ2) is 11.5. The molecule has 0 aliphatic carbocycles. The maximum Gasteiger partial charge on any atom is 0.338 e. The van der Waals surface area contributed by atoms with Crippen LogP contribution in [0.25, 0.3) is 0 Å². The van der Waals surface area contributed by atoms with Crippen molar-refractivity contribution in [1.82, 2.24) is 4.90 Å². The highest BCUT2D eigenvalue weighted by atomic mass is 35.5. The summed E-state index contributed by atoms with van der Waals surface area (Å²) < 4.78 is 4.95. The second-order valence-electron chi connectivity index (χ2n) is 8.14. The summed E-state index contributed by atoms with van der Waals surface area (Å²) in [4.78, 5) is 50.9. The maximum atomic E-state index is 12.8. The van der Waals surface area contributed by atoms with Crippen LogP contribution in [-0.4, -0.2) is 41.7 Å². The van der Waals surface area contributed by atoms with Gasteiger partial charge in [-0.3, -0.25) is 19.3 Å². The minimum Gasteiger partial charge on any atom is -0.462 e. The van der Waals surface area contributed by atoms with Gasteiger partial charge in [0.25, 0.3) is 17.7 Å². The predicted octanol–water partition coefficient (Wildman–Crippen LogP) is 4.59. The number of halogens is 1. The average Bonchev–Trinajstić information content (AvgIpc) is 3.11. The number of esters is 1. The third-order valence-corrected chi connectivity index (χ3v) is 6.00. The Morgan fingerprint density at radius 1 is 0.838 bits per heavy atom.